The van der Waals surface area contributed by atoms with Gasteiger partial charge in [0.1, 0.15) is 0 Å². The van der Waals surface area contributed by atoms with Crippen molar-refractivity contribution in [3.63, 3.8) is 0 Å². The van der Waals surface area contributed by atoms with E-state index < -0.39 is 0 Å². The second-order valence-electron chi connectivity index (χ2n) is 4.41. The first kappa shape index (κ1) is 12.5. The molecule has 0 spiro atoms. The van der Waals surface area contributed by atoms with Gasteiger partial charge in [-0.05, 0) is 29.3 Å². The number of rotatable bonds is 4. The van der Waals surface area contributed by atoms with Crippen molar-refractivity contribution in [1.82, 2.24) is 5.32 Å². The molecule has 0 aliphatic rings. The summed E-state index contributed by atoms with van der Waals surface area (Å²) in [5.74, 6) is 0.539. The third kappa shape index (κ3) is 3.50. The van der Waals surface area contributed by atoms with Crippen LogP contribution >= 0.6 is 22.9 Å². The quantitative estimate of drug-likeness (QED) is 0.812. The number of nitrogens with one attached hydrogen (secondary N) is 1. The molecule has 2 nitrogen and oxygen atoms in total. The molecule has 4 heteroatoms. The summed E-state index contributed by atoms with van der Waals surface area (Å²) in [5, 5.41) is 4.83. The van der Waals surface area contributed by atoms with E-state index in [2.05, 4.69) is 5.32 Å². The maximum Gasteiger partial charge on any atom is 0.261 e. The molecule has 0 aliphatic heterocycles. The van der Waals surface area contributed by atoms with Crippen LogP contribution in [0.1, 0.15) is 29.1 Å². The van der Waals surface area contributed by atoms with Gasteiger partial charge in [-0.1, -0.05) is 13.8 Å². The van der Waals surface area contributed by atoms with E-state index in [0.717, 1.165) is 10.4 Å². The van der Waals surface area contributed by atoms with Crippen molar-refractivity contribution >= 4 is 28.8 Å². The highest BCUT2D eigenvalue weighted by Gasteiger charge is 2.18. The number of alkyl halides is 1. The topological polar surface area (TPSA) is 29.1 Å². The second-order valence-corrected chi connectivity index (χ2v) is 5.60. The number of carbonyl (C=O) groups excluding carboxylic acids is 1. The summed E-state index contributed by atoms with van der Waals surface area (Å²) in [6, 6.07) is 1.95. The Bertz CT molecular complexity index is 346. The minimum Gasteiger partial charge on any atom is -0.351 e. The van der Waals surface area contributed by atoms with Crippen LogP contribution in [0.2, 0.25) is 0 Å². The maximum atomic E-state index is 11.7. The van der Waals surface area contributed by atoms with Crippen LogP contribution in [0.15, 0.2) is 11.4 Å². The average molecular weight is 246 g/mol. The highest BCUT2D eigenvalue weighted by Crippen LogP contribution is 2.18. The van der Waals surface area contributed by atoms with Crippen molar-refractivity contribution < 1.29 is 4.79 Å². The van der Waals surface area contributed by atoms with Crippen molar-refractivity contribution in [3.05, 3.63) is 21.9 Å². The zero-order chi connectivity index (χ0) is 11.5. The van der Waals surface area contributed by atoms with Crippen LogP contribution in [0.3, 0.4) is 0 Å². The predicted molar refractivity (Wildman–Crippen MR) is 65.9 cm³/mol. The van der Waals surface area contributed by atoms with Gasteiger partial charge in [-0.15, -0.1) is 22.9 Å². The lowest BCUT2D eigenvalue weighted by atomic mass is 9.96. The number of aryl methyl sites for hydroxylation is 1. The summed E-state index contributed by atoms with van der Waals surface area (Å²) in [5.41, 5.74) is 0.976. The monoisotopic (exact) mass is 245 g/mol. The van der Waals surface area contributed by atoms with Crippen molar-refractivity contribution in [2.45, 2.75) is 20.8 Å². The minimum absolute atomic E-state index is 0.000640. The highest BCUT2D eigenvalue weighted by atomic mass is 35.5. The zero-order valence-corrected chi connectivity index (χ0v) is 10.8. The van der Waals surface area contributed by atoms with Crippen LogP contribution in [0.25, 0.3) is 0 Å². The van der Waals surface area contributed by atoms with E-state index in [4.69, 9.17) is 11.6 Å². The Morgan fingerprint density at radius 2 is 2.27 bits per heavy atom. The van der Waals surface area contributed by atoms with Gasteiger partial charge in [0, 0.05) is 12.4 Å². The lowest BCUT2D eigenvalue weighted by molar-refractivity contribution is 0.0943. The van der Waals surface area contributed by atoms with E-state index in [1.165, 1.54) is 11.3 Å². The molecule has 84 valence electrons. The molecule has 0 unspecified atom stereocenters. The Balaban J connectivity index is 2.55. The number of hydrogen-bond acceptors (Lipinski definition) is 2. The molecular weight excluding hydrogens is 230 g/mol. The van der Waals surface area contributed by atoms with Gasteiger partial charge >= 0.3 is 0 Å². The van der Waals surface area contributed by atoms with E-state index in [1.807, 2.05) is 32.2 Å². The number of thiophene rings is 1. The van der Waals surface area contributed by atoms with Gasteiger partial charge in [0.05, 0.1) is 4.88 Å². The molecule has 1 amide bonds. The molecule has 0 aromatic carbocycles. The van der Waals surface area contributed by atoms with Crippen LogP contribution in [0, 0.1) is 12.3 Å². The normalized spacial score (nSPS) is 11.5. The molecule has 1 rings (SSSR count). The third-order valence-corrected chi connectivity index (χ3v) is 3.90. The van der Waals surface area contributed by atoms with Crippen LogP contribution in [-0.2, 0) is 0 Å². The van der Waals surface area contributed by atoms with Crippen LogP contribution in [0.4, 0.5) is 0 Å². The summed E-state index contributed by atoms with van der Waals surface area (Å²) >= 11 is 7.25. The van der Waals surface area contributed by atoms with Gasteiger partial charge in [-0.25, -0.2) is 0 Å². The van der Waals surface area contributed by atoms with Crippen molar-refractivity contribution in [2.75, 3.05) is 12.4 Å². The first-order valence-electron chi connectivity index (χ1n) is 4.84. The lowest BCUT2D eigenvalue weighted by Crippen LogP contribution is -2.34. The van der Waals surface area contributed by atoms with Gasteiger partial charge in [0.15, 0.2) is 0 Å². The van der Waals surface area contributed by atoms with E-state index >= 15 is 0 Å². The first-order valence-corrected chi connectivity index (χ1v) is 6.26. The number of hydrogen-bond donors (Lipinski definition) is 1. The van der Waals surface area contributed by atoms with Gasteiger partial charge < -0.3 is 5.32 Å². The predicted octanol–water partition coefficient (Wildman–Crippen LogP) is 3.05. The van der Waals surface area contributed by atoms with Crippen LogP contribution in [-0.4, -0.2) is 18.3 Å². The summed E-state index contributed by atoms with van der Waals surface area (Å²) in [6.07, 6.45) is 0. The molecule has 1 heterocycles. The Hall–Kier alpha value is -0.540. The summed E-state index contributed by atoms with van der Waals surface area (Å²) in [7, 11) is 0. The molecule has 1 aromatic rings. The maximum absolute atomic E-state index is 11.7. The largest absolute Gasteiger partial charge is 0.351 e. The minimum atomic E-state index is -0.0532. The Morgan fingerprint density at radius 1 is 1.60 bits per heavy atom. The standard InChI is InChI=1S/C11H16ClNOS/c1-8-4-5-15-9(8)10(14)13-7-11(2,3)6-12/h4-5H,6-7H2,1-3H3,(H,13,14). The van der Waals surface area contributed by atoms with Crippen molar-refractivity contribution in [2.24, 2.45) is 5.41 Å². The molecule has 0 bridgehead atoms. The smallest absolute Gasteiger partial charge is 0.261 e. The molecular formula is C11H16ClNOS. The number of amides is 1. The molecule has 0 saturated heterocycles. The molecule has 0 aliphatic carbocycles. The number of halogens is 1. The fraction of sp³-hybridized carbons (Fsp3) is 0.545. The van der Waals surface area contributed by atoms with E-state index in [-0.39, 0.29) is 11.3 Å². The Morgan fingerprint density at radius 3 is 2.73 bits per heavy atom. The van der Waals surface area contributed by atoms with Gasteiger partial charge in [-0.3, -0.25) is 4.79 Å². The van der Waals surface area contributed by atoms with E-state index in [1.54, 1.807) is 0 Å². The second kappa shape index (κ2) is 4.99. The lowest BCUT2D eigenvalue weighted by Gasteiger charge is -2.21. The third-order valence-electron chi connectivity index (χ3n) is 2.16. The van der Waals surface area contributed by atoms with Crippen LogP contribution < -0.4 is 5.32 Å². The molecule has 15 heavy (non-hydrogen) atoms. The average Bonchev–Trinajstić information content (AvgIpc) is 2.61. The van der Waals surface area contributed by atoms with Crippen molar-refractivity contribution in [3.8, 4) is 0 Å². The van der Waals surface area contributed by atoms with E-state index in [9.17, 15) is 4.79 Å². The molecule has 0 radical (unpaired) electrons. The summed E-state index contributed by atoms with van der Waals surface area (Å²) in [6.45, 7) is 6.61. The summed E-state index contributed by atoms with van der Waals surface area (Å²) < 4.78 is 0. The first-order chi connectivity index (χ1) is 6.96. The van der Waals surface area contributed by atoms with Gasteiger partial charge in [0.2, 0.25) is 0 Å². The van der Waals surface area contributed by atoms with Crippen LogP contribution in [0.5, 0.6) is 0 Å². The van der Waals surface area contributed by atoms with Crippen molar-refractivity contribution in [1.29, 1.82) is 0 Å². The molecule has 0 saturated carbocycles. The van der Waals surface area contributed by atoms with Gasteiger partial charge in [-0.2, -0.15) is 0 Å². The SMILES string of the molecule is Cc1ccsc1C(=O)NCC(C)(C)CCl. The molecule has 1 N–H and O–H groups in total. The Kier molecular flexibility index (Phi) is 4.17. The Labute approximate surface area is 99.6 Å². The molecule has 1 aromatic heterocycles. The summed E-state index contributed by atoms with van der Waals surface area (Å²) in [4.78, 5) is 12.5. The van der Waals surface area contributed by atoms with Gasteiger partial charge in [0.25, 0.3) is 5.91 Å². The zero-order valence-electron chi connectivity index (χ0n) is 9.26. The molecule has 0 fully saturated rings. The fourth-order valence-corrected chi connectivity index (χ4v) is 1.99. The fourth-order valence-electron chi connectivity index (χ4n) is 1.05. The molecule has 0 atom stereocenters. The van der Waals surface area contributed by atoms with E-state index in [0.29, 0.717) is 12.4 Å². The number of carbonyl (C=O) groups is 1. The highest BCUT2D eigenvalue weighted by molar-refractivity contribution is 7.12.